The summed E-state index contributed by atoms with van der Waals surface area (Å²) in [6, 6.07) is 7.83. The Bertz CT molecular complexity index is 466. The lowest BCUT2D eigenvalue weighted by Crippen LogP contribution is -2.45. The Labute approximate surface area is 129 Å². The smallest absolute Gasteiger partial charge is 0.133 e. The molecule has 1 aromatic carbocycles. The lowest BCUT2D eigenvalue weighted by atomic mass is 9.97. The zero-order chi connectivity index (χ0) is 13.9. The van der Waals surface area contributed by atoms with Gasteiger partial charge in [0.25, 0.3) is 0 Å². The fourth-order valence-corrected chi connectivity index (χ4v) is 4.08. The third-order valence-electron chi connectivity index (χ3n) is 4.63. The van der Waals surface area contributed by atoms with Crippen molar-refractivity contribution in [2.75, 3.05) is 20.2 Å². The summed E-state index contributed by atoms with van der Waals surface area (Å²) in [6.45, 7) is 3.54. The number of halogens is 1. The number of methoxy groups -OCH3 is 1. The first-order chi connectivity index (χ1) is 9.76. The second-order valence-corrected chi connectivity index (χ2v) is 6.76. The van der Waals surface area contributed by atoms with Gasteiger partial charge >= 0.3 is 0 Å². The van der Waals surface area contributed by atoms with Crippen LogP contribution in [0.1, 0.15) is 31.2 Å². The molecule has 110 valence electrons. The Kier molecular flexibility index (Phi) is 4.64. The molecule has 2 aliphatic heterocycles. The lowest BCUT2D eigenvalue weighted by Gasteiger charge is -2.35. The van der Waals surface area contributed by atoms with Crippen LogP contribution < -0.4 is 10.1 Å². The molecule has 0 saturated carbocycles. The number of hydrogen-bond donors (Lipinski definition) is 1. The van der Waals surface area contributed by atoms with Crippen LogP contribution in [0, 0.1) is 0 Å². The predicted octanol–water partition coefficient (Wildman–Crippen LogP) is 3.17. The second kappa shape index (κ2) is 6.46. The maximum Gasteiger partial charge on any atom is 0.133 e. The Morgan fingerprint density at radius 3 is 3.05 bits per heavy atom. The molecule has 2 aliphatic rings. The molecule has 3 rings (SSSR count). The van der Waals surface area contributed by atoms with Crippen molar-refractivity contribution in [3.05, 3.63) is 28.2 Å². The summed E-state index contributed by atoms with van der Waals surface area (Å²) in [4.78, 5) is 2.67. The molecule has 0 bridgehead atoms. The monoisotopic (exact) mass is 338 g/mol. The zero-order valence-electron chi connectivity index (χ0n) is 12.1. The molecule has 0 amide bonds. The number of hydrogen-bond acceptors (Lipinski definition) is 3. The van der Waals surface area contributed by atoms with Crippen molar-refractivity contribution in [2.24, 2.45) is 0 Å². The first-order valence-corrected chi connectivity index (χ1v) is 8.35. The van der Waals surface area contributed by atoms with Gasteiger partial charge < -0.3 is 15.0 Å². The van der Waals surface area contributed by atoms with Crippen molar-refractivity contribution in [1.82, 2.24) is 10.2 Å². The second-order valence-electron chi connectivity index (χ2n) is 5.90. The largest absolute Gasteiger partial charge is 0.496 e. The van der Waals surface area contributed by atoms with E-state index in [0.717, 1.165) is 22.8 Å². The van der Waals surface area contributed by atoms with E-state index in [1.54, 1.807) is 7.11 Å². The summed E-state index contributed by atoms with van der Waals surface area (Å²) in [5, 5.41) is 3.73. The third-order valence-corrected chi connectivity index (χ3v) is 5.25. The molecular formula is C16H23BrN2O. The van der Waals surface area contributed by atoms with Gasteiger partial charge in [-0.05, 0) is 72.4 Å². The SMILES string of the molecule is COc1ccc(CNC2CCN3CCCC3C2)cc1Br. The maximum atomic E-state index is 5.27. The zero-order valence-corrected chi connectivity index (χ0v) is 13.7. The van der Waals surface area contributed by atoms with Crippen molar-refractivity contribution >= 4 is 15.9 Å². The molecule has 1 aromatic rings. The van der Waals surface area contributed by atoms with E-state index in [1.165, 1.54) is 44.3 Å². The van der Waals surface area contributed by atoms with Crippen LogP contribution in [0.25, 0.3) is 0 Å². The fourth-order valence-electron chi connectivity index (χ4n) is 3.49. The van der Waals surface area contributed by atoms with Crippen LogP contribution >= 0.6 is 15.9 Å². The number of nitrogens with zero attached hydrogens (tertiary/aromatic N) is 1. The summed E-state index contributed by atoms with van der Waals surface area (Å²) in [5.74, 6) is 0.896. The van der Waals surface area contributed by atoms with Crippen LogP contribution in [0.3, 0.4) is 0 Å². The van der Waals surface area contributed by atoms with Gasteiger partial charge in [-0.3, -0.25) is 0 Å². The van der Waals surface area contributed by atoms with Gasteiger partial charge in [0.15, 0.2) is 0 Å². The molecule has 0 aliphatic carbocycles. The van der Waals surface area contributed by atoms with E-state index in [-0.39, 0.29) is 0 Å². The average Bonchev–Trinajstić information content (AvgIpc) is 2.92. The van der Waals surface area contributed by atoms with Crippen LogP contribution in [0.4, 0.5) is 0 Å². The van der Waals surface area contributed by atoms with Crippen molar-refractivity contribution in [3.8, 4) is 5.75 Å². The number of rotatable bonds is 4. The molecule has 3 nitrogen and oxygen atoms in total. The predicted molar refractivity (Wildman–Crippen MR) is 85.2 cm³/mol. The molecule has 0 spiro atoms. The van der Waals surface area contributed by atoms with Crippen LogP contribution in [-0.2, 0) is 6.54 Å². The van der Waals surface area contributed by atoms with Gasteiger partial charge in [-0.25, -0.2) is 0 Å². The van der Waals surface area contributed by atoms with Gasteiger partial charge in [-0.15, -0.1) is 0 Å². The minimum absolute atomic E-state index is 0.676. The highest BCUT2D eigenvalue weighted by atomic mass is 79.9. The Morgan fingerprint density at radius 1 is 1.35 bits per heavy atom. The molecule has 20 heavy (non-hydrogen) atoms. The van der Waals surface area contributed by atoms with Gasteiger partial charge in [-0.2, -0.15) is 0 Å². The van der Waals surface area contributed by atoms with Gasteiger partial charge in [0.2, 0.25) is 0 Å². The van der Waals surface area contributed by atoms with Gasteiger partial charge in [0.1, 0.15) is 5.75 Å². The number of ether oxygens (including phenoxy) is 1. The Balaban J connectivity index is 1.53. The van der Waals surface area contributed by atoms with Crippen molar-refractivity contribution in [3.63, 3.8) is 0 Å². The maximum absolute atomic E-state index is 5.27. The van der Waals surface area contributed by atoms with E-state index >= 15 is 0 Å². The summed E-state index contributed by atoms with van der Waals surface area (Å²) >= 11 is 3.55. The summed E-state index contributed by atoms with van der Waals surface area (Å²) in [5.41, 5.74) is 1.31. The van der Waals surface area contributed by atoms with E-state index in [0.29, 0.717) is 6.04 Å². The van der Waals surface area contributed by atoms with Crippen LogP contribution in [-0.4, -0.2) is 37.2 Å². The first kappa shape index (κ1) is 14.4. The highest BCUT2D eigenvalue weighted by molar-refractivity contribution is 9.10. The topological polar surface area (TPSA) is 24.5 Å². The minimum Gasteiger partial charge on any atom is -0.496 e. The van der Waals surface area contributed by atoms with E-state index < -0.39 is 0 Å². The van der Waals surface area contributed by atoms with E-state index in [1.807, 2.05) is 6.07 Å². The molecule has 1 N–H and O–H groups in total. The molecular weight excluding hydrogens is 316 g/mol. The van der Waals surface area contributed by atoms with Crippen LogP contribution in [0.2, 0.25) is 0 Å². The van der Waals surface area contributed by atoms with Crippen molar-refractivity contribution in [2.45, 2.75) is 44.3 Å². The van der Waals surface area contributed by atoms with E-state index in [4.69, 9.17) is 4.74 Å². The quantitative estimate of drug-likeness (QED) is 0.912. The number of benzene rings is 1. The number of nitrogens with one attached hydrogen (secondary N) is 1. The molecule has 2 fully saturated rings. The molecule has 0 aromatic heterocycles. The Morgan fingerprint density at radius 2 is 2.25 bits per heavy atom. The third kappa shape index (κ3) is 3.18. The van der Waals surface area contributed by atoms with Crippen molar-refractivity contribution < 1.29 is 4.74 Å². The normalized spacial score (nSPS) is 26.5. The van der Waals surface area contributed by atoms with Gasteiger partial charge in [-0.1, -0.05) is 6.07 Å². The van der Waals surface area contributed by atoms with E-state index in [2.05, 4.69) is 38.3 Å². The summed E-state index contributed by atoms with van der Waals surface area (Å²) in [6.07, 6.45) is 5.39. The van der Waals surface area contributed by atoms with Crippen molar-refractivity contribution in [1.29, 1.82) is 0 Å². The molecule has 2 unspecified atom stereocenters. The highest BCUT2D eigenvalue weighted by Gasteiger charge is 2.31. The minimum atomic E-state index is 0.676. The fraction of sp³-hybridized carbons (Fsp3) is 0.625. The highest BCUT2D eigenvalue weighted by Crippen LogP contribution is 2.28. The van der Waals surface area contributed by atoms with Gasteiger partial charge in [0.05, 0.1) is 11.6 Å². The molecule has 2 atom stereocenters. The first-order valence-electron chi connectivity index (χ1n) is 7.56. The lowest BCUT2D eigenvalue weighted by molar-refractivity contribution is 0.166. The Hall–Kier alpha value is -0.580. The van der Waals surface area contributed by atoms with Crippen LogP contribution in [0.5, 0.6) is 5.75 Å². The molecule has 2 heterocycles. The van der Waals surface area contributed by atoms with Gasteiger partial charge in [0, 0.05) is 18.6 Å². The summed E-state index contributed by atoms with van der Waals surface area (Å²) in [7, 11) is 1.70. The molecule has 4 heteroatoms. The number of fused-ring (bicyclic) bond motifs is 1. The standard InChI is InChI=1S/C16H23BrN2O/c1-20-16-5-4-12(9-15(16)17)11-18-13-6-8-19-7-2-3-14(19)10-13/h4-5,9,13-14,18H,2-3,6-8,10-11H2,1H3. The summed E-state index contributed by atoms with van der Waals surface area (Å²) < 4.78 is 6.30. The van der Waals surface area contributed by atoms with E-state index in [9.17, 15) is 0 Å². The number of piperidine rings is 1. The van der Waals surface area contributed by atoms with Crippen LogP contribution in [0.15, 0.2) is 22.7 Å². The molecule has 0 radical (unpaired) electrons. The average molecular weight is 339 g/mol. The molecule has 2 saturated heterocycles.